The normalized spacial score (nSPS) is 18.0. The molecule has 0 aliphatic heterocycles. The van der Waals surface area contributed by atoms with Gasteiger partial charge in [-0.1, -0.05) is 193 Å². The van der Waals surface area contributed by atoms with Gasteiger partial charge in [0.15, 0.2) is 18.3 Å². The van der Waals surface area contributed by atoms with Gasteiger partial charge in [0.1, 0.15) is 0 Å². The Bertz CT molecular complexity index is 2570. The molecular formula is C71H114N10O13. The Labute approximate surface area is 558 Å². The summed E-state index contributed by atoms with van der Waals surface area (Å²) in [5, 5.41) is 49.5. The van der Waals surface area contributed by atoms with Gasteiger partial charge in [-0.05, 0) is 112 Å². The van der Waals surface area contributed by atoms with Crippen LogP contribution < -0.4 is 43.4 Å². The Kier molecular flexibility index (Phi) is 39.3. The van der Waals surface area contributed by atoms with Crippen molar-refractivity contribution in [1.29, 1.82) is 0 Å². The third-order valence-corrected chi connectivity index (χ3v) is 17.3. The van der Waals surface area contributed by atoms with E-state index >= 15 is 0 Å². The average Bonchev–Trinajstić information content (AvgIpc) is 1.07. The molecule has 0 aromatic heterocycles. The lowest BCUT2D eigenvalue weighted by Gasteiger charge is -2.28. The molecule has 23 heteroatoms. The van der Waals surface area contributed by atoms with Crippen molar-refractivity contribution in [2.24, 2.45) is 63.4 Å². The van der Waals surface area contributed by atoms with Crippen LogP contribution in [0.25, 0.3) is 0 Å². The average molecular weight is 1320 g/mol. The maximum absolute atomic E-state index is 12.5. The van der Waals surface area contributed by atoms with Crippen LogP contribution in [0.1, 0.15) is 221 Å². The molecule has 6 rings (SSSR count). The number of Topliss-reactive ketones (excluding diaryl/α,β-unsaturated/α-hetero) is 1. The van der Waals surface area contributed by atoms with E-state index < -0.39 is 72.0 Å². The zero-order valence-corrected chi connectivity index (χ0v) is 57.5. The first-order chi connectivity index (χ1) is 44.8. The lowest BCUT2D eigenvalue weighted by Crippen LogP contribution is -2.53. The summed E-state index contributed by atoms with van der Waals surface area (Å²) in [5.74, 6) is 2.22. The highest BCUT2D eigenvalue weighted by atomic mass is 16.5. The molecule has 0 saturated heterocycles. The maximum Gasteiger partial charge on any atom is 0.336 e. The van der Waals surface area contributed by atoms with Crippen LogP contribution in [0.3, 0.4) is 0 Å². The first kappa shape index (κ1) is 81.3. The molecule has 4 aliphatic carbocycles. The Balaban J connectivity index is 0.000000330. The highest BCUT2D eigenvalue weighted by molar-refractivity contribution is 6.38. The molecule has 94 heavy (non-hydrogen) atoms. The number of ketones is 1. The molecule has 526 valence electrons. The van der Waals surface area contributed by atoms with Crippen LogP contribution in [0.5, 0.6) is 0 Å². The Morgan fingerprint density at radius 1 is 0.447 bits per heavy atom. The molecule has 4 fully saturated rings. The molecule has 0 heterocycles. The second kappa shape index (κ2) is 45.4. The smallest absolute Gasteiger partial charge is 0.336 e. The number of hydrazone groups is 2. The SMILES string of the molecule is CC(C)C[C@H](NC(=O)C1CCCCC1)C(=O)C(=O)NN=Cc1ccccc1.CC(C)C[C@H](NC(=O)C1CCCCC1)C(O)C(=O)NN.CC(C)C[C@H](NC(=O)C1CCCCC1)C(O)C(=O)NN=Cc1ccccc1.COC(=O)C(O)[C@H](CC(C)C)NC(=O)C1CCCCC1. The number of hydrogen-bond acceptors (Lipinski definition) is 16. The van der Waals surface area contributed by atoms with Crippen LogP contribution in [0, 0.1) is 47.3 Å². The summed E-state index contributed by atoms with van der Waals surface area (Å²) in [6.45, 7) is 15.8. The number of aliphatic hydroxyl groups is 3. The van der Waals surface area contributed by atoms with Crippen LogP contribution in [0.2, 0.25) is 0 Å². The first-order valence-electron chi connectivity index (χ1n) is 34.5. The summed E-state index contributed by atoms with van der Waals surface area (Å²) in [7, 11) is 1.24. The number of methoxy groups -OCH3 is 1. The number of aliphatic hydroxyl groups excluding tert-OH is 3. The molecule has 0 spiro atoms. The molecule has 7 amide bonds. The van der Waals surface area contributed by atoms with Gasteiger partial charge in [-0.2, -0.15) is 10.2 Å². The maximum atomic E-state index is 12.5. The van der Waals surface area contributed by atoms with Crippen LogP contribution >= 0.6 is 0 Å². The fourth-order valence-corrected chi connectivity index (χ4v) is 12.1. The highest BCUT2D eigenvalue weighted by Crippen LogP contribution is 2.28. The van der Waals surface area contributed by atoms with Crippen molar-refractivity contribution in [3.8, 4) is 0 Å². The summed E-state index contributed by atoms with van der Waals surface area (Å²) in [4.78, 5) is 109. The summed E-state index contributed by atoms with van der Waals surface area (Å²) in [5.41, 5.74) is 8.22. The third kappa shape index (κ3) is 32.0. The van der Waals surface area contributed by atoms with Gasteiger partial charge in [-0.25, -0.2) is 21.5 Å². The molecule has 0 bridgehead atoms. The number of carbonyl (C=O) groups excluding carboxylic acids is 9. The molecule has 0 radical (unpaired) electrons. The number of benzene rings is 2. The van der Waals surface area contributed by atoms with Crippen LogP contribution in [-0.2, 0) is 47.9 Å². The van der Waals surface area contributed by atoms with Crippen LogP contribution in [0.15, 0.2) is 70.9 Å². The number of nitrogens with two attached hydrogens (primary N) is 1. The van der Waals surface area contributed by atoms with E-state index in [1.54, 1.807) is 0 Å². The summed E-state index contributed by atoms with van der Waals surface area (Å²) >= 11 is 0. The van der Waals surface area contributed by atoms with E-state index in [0.717, 1.165) is 120 Å². The minimum Gasteiger partial charge on any atom is -0.467 e. The third-order valence-electron chi connectivity index (χ3n) is 17.3. The molecule has 12 N–H and O–H groups in total. The molecular weight excluding hydrogens is 1200 g/mol. The van der Waals surface area contributed by atoms with E-state index in [2.05, 4.69) is 47.1 Å². The number of ether oxygens (including phenoxy) is 1. The van der Waals surface area contributed by atoms with Gasteiger partial charge in [0.2, 0.25) is 29.4 Å². The molecule has 2 aromatic rings. The van der Waals surface area contributed by atoms with Gasteiger partial charge in [-0.3, -0.25) is 43.8 Å². The topological polar surface area (TPSA) is 358 Å². The van der Waals surface area contributed by atoms with E-state index in [1.807, 2.05) is 121 Å². The van der Waals surface area contributed by atoms with Gasteiger partial charge in [-0.15, -0.1) is 0 Å². The Morgan fingerprint density at radius 2 is 0.755 bits per heavy atom. The lowest BCUT2D eigenvalue weighted by atomic mass is 9.88. The fourth-order valence-electron chi connectivity index (χ4n) is 12.1. The standard InChI is InChI=1S/C21H31N3O3.C21H29N3O3.C15H27NO4.C14H27N3O3/c2*1-15(2)13-18(23-20(26)17-11-7-4-8-12-17)19(25)21(27)24-22-14-16-9-5-3-6-10-16;1-10(2)9-12(13(17)15(19)20-3)16-14(18)11-7-5-4-6-8-11;1-9(2)8-11(12(18)14(20)17-15)16-13(19)10-6-4-3-5-7-10/h3,5-6,9-10,14-15,17-19,25H,4,7-8,11-13H2,1-2H3,(H,23,26)(H,24,27);3,5-6,9-10,14-15,17-18H,4,7-8,11-13H2,1-2H3,(H,23,26)(H,24,27);10-13,17H,4-9H2,1-3H3,(H,16,18);9-12,18H,3-8,15H2,1-2H3,(H,16,19)(H,17,20)/t18-,19?;18-;12-,13?;11-,12?/m0000/s1. The number of rotatable bonds is 28. The van der Waals surface area contributed by atoms with Crippen molar-refractivity contribution in [3.05, 3.63) is 71.8 Å². The van der Waals surface area contributed by atoms with E-state index in [1.165, 1.54) is 38.8 Å². The number of esters is 1. The molecule has 23 nitrogen and oxygen atoms in total. The van der Waals surface area contributed by atoms with Gasteiger partial charge >= 0.3 is 11.9 Å². The van der Waals surface area contributed by atoms with E-state index in [-0.39, 0.29) is 71.0 Å². The van der Waals surface area contributed by atoms with E-state index in [9.17, 15) is 58.5 Å². The van der Waals surface area contributed by atoms with Gasteiger partial charge < -0.3 is 41.3 Å². The first-order valence-corrected chi connectivity index (χ1v) is 34.5. The molecule has 4 aliphatic rings. The van der Waals surface area contributed by atoms with Crippen molar-refractivity contribution in [2.45, 2.75) is 252 Å². The quantitative estimate of drug-likeness (QED) is 0.00981. The number of hydrogen-bond donors (Lipinski definition) is 11. The number of amides is 7. The molecule has 7 atom stereocenters. The fraction of sp³-hybridized carbons (Fsp3) is 0.676. The predicted octanol–water partition coefficient (Wildman–Crippen LogP) is 7.51. The minimum atomic E-state index is -1.34. The predicted molar refractivity (Wildman–Crippen MR) is 364 cm³/mol. The van der Waals surface area contributed by atoms with Crippen molar-refractivity contribution >= 4 is 65.5 Å². The summed E-state index contributed by atoms with van der Waals surface area (Å²) < 4.78 is 4.56. The number of nitrogens with zero attached hydrogens (tertiary/aromatic N) is 2. The van der Waals surface area contributed by atoms with Gasteiger partial charge in [0.25, 0.3) is 11.8 Å². The molecule has 3 unspecified atom stereocenters. The summed E-state index contributed by atoms with van der Waals surface area (Å²) in [6.07, 6.45) is 21.3. The van der Waals surface area contributed by atoms with Crippen LogP contribution in [0.4, 0.5) is 0 Å². The van der Waals surface area contributed by atoms with E-state index in [0.29, 0.717) is 25.7 Å². The number of nitrogens with one attached hydrogen (secondary N) is 7. The lowest BCUT2D eigenvalue weighted by molar-refractivity contribution is -0.153. The zero-order chi connectivity index (χ0) is 69.5. The Morgan fingerprint density at radius 3 is 1.07 bits per heavy atom. The van der Waals surface area contributed by atoms with Crippen molar-refractivity contribution in [3.63, 3.8) is 0 Å². The number of carbonyl (C=O) groups is 9. The zero-order valence-electron chi connectivity index (χ0n) is 57.5. The van der Waals surface area contributed by atoms with Gasteiger partial charge in [0, 0.05) is 23.7 Å². The highest BCUT2D eigenvalue weighted by Gasteiger charge is 2.35. The van der Waals surface area contributed by atoms with Gasteiger partial charge in [0.05, 0.1) is 43.7 Å². The Hall–Kier alpha value is -6.95. The summed E-state index contributed by atoms with van der Waals surface area (Å²) in [6, 6.07) is 16.0. The molecule has 4 saturated carbocycles. The van der Waals surface area contributed by atoms with Crippen molar-refractivity contribution < 1.29 is 63.2 Å². The largest absolute Gasteiger partial charge is 0.467 e. The number of hydrazine groups is 1. The van der Waals surface area contributed by atoms with Crippen molar-refractivity contribution in [2.75, 3.05) is 7.11 Å². The molecule has 2 aromatic carbocycles. The second-order valence-corrected chi connectivity index (χ2v) is 27.2. The van der Waals surface area contributed by atoms with Crippen LogP contribution in [-0.4, -0.2) is 130 Å². The second-order valence-electron chi connectivity index (χ2n) is 27.2. The monoisotopic (exact) mass is 1310 g/mol. The van der Waals surface area contributed by atoms with E-state index in [4.69, 9.17) is 5.84 Å². The minimum absolute atomic E-state index is 0.00606. The van der Waals surface area contributed by atoms with Crippen molar-refractivity contribution in [1.82, 2.24) is 37.5 Å².